The van der Waals surface area contributed by atoms with E-state index in [0.717, 1.165) is 57.5 Å². The van der Waals surface area contributed by atoms with Gasteiger partial charge in [0.25, 0.3) is 0 Å². The smallest absolute Gasteiger partial charge is 0.226 e. The highest BCUT2D eigenvalue weighted by molar-refractivity contribution is 5.82. The van der Waals surface area contributed by atoms with Crippen molar-refractivity contribution >= 4 is 5.91 Å². The van der Waals surface area contributed by atoms with E-state index in [1.165, 1.54) is 25.7 Å². The summed E-state index contributed by atoms with van der Waals surface area (Å²) in [4.78, 5) is 17.4. The van der Waals surface area contributed by atoms with Crippen LogP contribution in [-0.4, -0.2) is 55.0 Å². The standard InChI is InChI=1S/C17H31N3O/c1-13(11-18)12-19-7-4-8-20(10-9-19)17(21)16-14-5-2-3-6-15(14)16/h13-16H,2-12,18H2,1H3. The summed E-state index contributed by atoms with van der Waals surface area (Å²) in [7, 11) is 0. The van der Waals surface area contributed by atoms with Gasteiger partial charge in [-0.15, -0.1) is 0 Å². The average Bonchev–Trinajstić information content (AvgIpc) is 3.26. The molecule has 120 valence electrons. The molecule has 2 saturated carbocycles. The van der Waals surface area contributed by atoms with Gasteiger partial charge in [-0.1, -0.05) is 19.8 Å². The van der Waals surface area contributed by atoms with Crippen LogP contribution < -0.4 is 5.73 Å². The summed E-state index contributed by atoms with van der Waals surface area (Å²) in [6.07, 6.45) is 6.40. The zero-order valence-corrected chi connectivity index (χ0v) is 13.5. The van der Waals surface area contributed by atoms with Crippen LogP contribution in [0.25, 0.3) is 0 Å². The number of hydrogen-bond acceptors (Lipinski definition) is 3. The maximum atomic E-state index is 12.8. The van der Waals surface area contributed by atoms with Crippen molar-refractivity contribution in [3.63, 3.8) is 0 Å². The highest BCUT2D eigenvalue weighted by atomic mass is 16.2. The molecule has 3 fully saturated rings. The van der Waals surface area contributed by atoms with Crippen molar-refractivity contribution in [3.8, 4) is 0 Å². The van der Waals surface area contributed by atoms with Gasteiger partial charge in [0.2, 0.25) is 5.91 Å². The first-order valence-electron chi connectivity index (χ1n) is 8.92. The second-order valence-corrected chi connectivity index (χ2v) is 7.46. The molecule has 1 aliphatic heterocycles. The van der Waals surface area contributed by atoms with Crippen molar-refractivity contribution in [1.29, 1.82) is 0 Å². The zero-order valence-electron chi connectivity index (χ0n) is 13.5. The Labute approximate surface area is 129 Å². The third-order valence-corrected chi connectivity index (χ3v) is 5.81. The normalized spacial score (nSPS) is 35.0. The van der Waals surface area contributed by atoms with Crippen LogP contribution in [0, 0.1) is 23.7 Å². The van der Waals surface area contributed by atoms with Gasteiger partial charge >= 0.3 is 0 Å². The molecule has 3 unspecified atom stereocenters. The fourth-order valence-electron chi connectivity index (χ4n) is 4.46. The van der Waals surface area contributed by atoms with Crippen LogP contribution in [0.3, 0.4) is 0 Å². The lowest BCUT2D eigenvalue weighted by Crippen LogP contribution is -2.38. The molecule has 21 heavy (non-hydrogen) atoms. The Morgan fingerprint density at radius 3 is 2.48 bits per heavy atom. The Morgan fingerprint density at radius 1 is 1.10 bits per heavy atom. The molecule has 3 atom stereocenters. The van der Waals surface area contributed by atoms with E-state index in [4.69, 9.17) is 5.73 Å². The number of carbonyl (C=O) groups is 1. The van der Waals surface area contributed by atoms with Gasteiger partial charge in [-0.3, -0.25) is 4.79 Å². The molecule has 1 heterocycles. The highest BCUT2D eigenvalue weighted by Crippen LogP contribution is 2.56. The Balaban J connectivity index is 1.49. The fourth-order valence-corrected chi connectivity index (χ4v) is 4.46. The lowest BCUT2D eigenvalue weighted by Gasteiger charge is -2.24. The minimum absolute atomic E-state index is 0.391. The van der Waals surface area contributed by atoms with Crippen LogP contribution in [0.1, 0.15) is 39.0 Å². The Morgan fingerprint density at radius 2 is 1.81 bits per heavy atom. The summed E-state index contributed by atoms with van der Waals surface area (Å²) in [6, 6.07) is 0. The van der Waals surface area contributed by atoms with E-state index in [9.17, 15) is 4.79 Å². The molecule has 0 aromatic heterocycles. The molecule has 0 radical (unpaired) electrons. The minimum Gasteiger partial charge on any atom is -0.341 e. The molecule has 3 aliphatic rings. The summed E-state index contributed by atoms with van der Waals surface area (Å²) in [5.74, 6) is 2.90. The van der Waals surface area contributed by atoms with Crippen LogP contribution in [0.15, 0.2) is 0 Å². The van der Waals surface area contributed by atoms with Crippen molar-refractivity contribution in [2.24, 2.45) is 29.4 Å². The first-order chi connectivity index (χ1) is 10.2. The van der Waals surface area contributed by atoms with Crippen LogP contribution >= 0.6 is 0 Å². The quantitative estimate of drug-likeness (QED) is 0.855. The Hall–Kier alpha value is -0.610. The van der Waals surface area contributed by atoms with Gasteiger partial charge in [-0.25, -0.2) is 0 Å². The minimum atomic E-state index is 0.391. The SMILES string of the molecule is CC(CN)CN1CCCN(C(=O)C2C3CCCCC32)CC1. The maximum Gasteiger partial charge on any atom is 0.226 e. The van der Waals surface area contributed by atoms with Gasteiger partial charge in [0.05, 0.1) is 0 Å². The van der Waals surface area contributed by atoms with E-state index in [0.29, 0.717) is 17.7 Å². The lowest BCUT2D eigenvalue weighted by molar-refractivity contribution is -0.133. The topological polar surface area (TPSA) is 49.6 Å². The van der Waals surface area contributed by atoms with Gasteiger partial charge < -0.3 is 15.5 Å². The zero-order chi connectivity index (χ0) is 14.8. The lowest BCUT2D eigenvalue weighted by atomic mass is 10.0. The number of rotatable bonds is 4. The molecule has 4 nitrogen and oxygen atoms in total. The van der Waals surface area contributed by atoms with E-state index >= 15 is 0 Å². The summed E-state index contributed by atoms with van der Waals surface area (Å²) in [6.45, 7) is 8.07. The summed E-state index contributed by atoms with van der Waals surface area (Å²) in [5.41, 5.74) is 5.73. The maximum absolute atomic E-state index is 12.8. The number of carbonyl (C=O) groups excluding carboxylic acids is 1. The summed E-state index contributed by atoms with van der Waals surface area (Å²) < 4.78 is 0. The monoisotopic (exact) mass is 293 g/mol. The predicted octanol–water partition coefficient (Wildman–Crippen LogP) is 1.55. The van der Waals surface area contributed by atoms with E-state index in [-0.39, 0.29) is 0 Å². The number of hydrogen-bond donors (Lipinski definition) is 1. The highest BCUT2D eigenvalue weighted by Gasteiger charge is 2.55. The molecule has 0 bridgehead atoms. The Kier molecular flexibility index (Phi) is 4.85. The third-order valence-electron chi connectivity index (χ3n) is 5.81. The molecule has 0 spiro atoms. The first kappa shape index (κ1) is 15.3. The van der Waals surface area contributed by atoms with Crippen molar-refractivity contribution in [2.75, 3.05) is 39.3 Å². The van der Waals surface area contributed by atoms with Crippen molar-refractivity contribution in [2.45, 2.75) is 39.0 Å². The van der Waals surface area contributed by atoms with E-state index in [1.807, 2.05) is 0 Å². The Bertz CT molecular complexity index is 361. The largest absolute Gasteiger partial charge is 0.341 e. The summed E-state index contributed by atoms with van der Waals surface area (Å²) >= 11 is 0. The van der Waals surface area contributed by atoms with Crippen LogP contribution in [0.5, 0.6) is 0 Å². The molecule has 0 aromatic carbocycles. The summed E-state index contributed by atoms with van der Waals surface area (Å²) in [5, 5.41) is 0. The van der Waals surface area contributed by atoms with Gasteiger partial charge in [0.15, 0.2) is 0 Å². The molecular formula is C17H31N3O. The van der Waals surface area contributed by atoms with E-state index in [1.54, 1.807) is 0 Å². The van der Waals surface area contributed by atoms with E-state index in [2.05, 4.69) is 16.7 Å². The number of fused-ring (bicyclic) bond motifs is 1. The first-order valence-corrected chi connectivity index (χ1v) is 8.92. The second-order valence-electron chi connectivity index (χ2n) is 7.46. The number of nitrogens with two attached hydrogens (primary N) is 1. The molecule has 1 amide bonds. The van der Waals surface area contributed by atoms with Crippen molar-refractivity contribution in [3.05, 3.63) is 0 Å². The van der Waals surface area contributed by atoms with Gasteiger partial charge in [-0.2, -0.15) is 0 Å². The third kappa shape index (κ3) is 3.42. The fraction of sp³-hybridized carbons (Fsp3) is 0.941. The average molecular weight is 293 g/mol. The second kappa shape index (κ2) is 6.66. The predicted molar refractivity (Wildman–Crippen MR) is 84.8 cm³/mol. The van der Waals surface area contributed by atoms with Gasteiger partial charge in [0.1, 0.15) is 0 Å². The van der Waals surface area contributed by atoms with Gasteiger partial charge in [-0.05, 0) is 50.1 Å². The van der Waals surface area contributed by atoms with Crippen LogP contribution in [-0.2, 0) is 4.79 Å². The van der Waals surface area contributed by atoms with Crippen molar-refractivity contribution in [1.82, 2.24) is 9.80 Å². The van der Waals surface area contributed by atoms with E-state index < -0.39 is 0 Å². The molecule has 3 rings (SSSR count). The molecular weight excluding hydrogens is 262 g/mol. The molecule has 4 heteroatoms. The van der Waals surface area contributed by atoms with Gasteiger partial charge in [0, 0.05) is 32.1 Å². The van der Waals surface area contributed by atoms with Crippen molar-refractivity contribution < 1.29 is 4.79 Å². The molecule has 2 N–H and O–H groups in total. The molecule has 2 aliphatic carbocycles. The van der Waals surface area contributed by atoms with Crippen LogP contribution in [0.2, 0.25) is 0 Å². The number of amides is 1. The number of nitrogens with zero attached hydrogens (tertiary/aromatic N) is 2. The molecule has 0 aromatic rings. The van der Waals surface area contributed by atoms with Crippen LogP contribution in [0.4, 0.5) is 0 Å². The molecule has 1 saturated heterocycles.